The van der Waals surface area contributed by atoms with Crippen molar-refractivity contribution in [1.29, 1.82) is 0 Å². The highest BCUT2D eigenvalue weighted by Crippen LogP contribution is 2.36. The average molecular weight is 243 g/mol. The van der Waals surface area contributed by atoms with Crippen LogP contribution in [0.25, 0.3) is 0 Å². The van der Waals surface area contributed by atoms with Crippen LogP contribution in [0.3, 0.4) is 0 Å². The van der Waals surface area contributed by atoms with Gasteiger partial charge < -0.3 is 14.8 Å². The molecule has 3 heteroatoms. The zero-order valence-electron chi connectivity index (χ0n) is 11.9. The summed E-state index contributed by atoms with van der Waals surface area (Å²) in [6.07, 6.45) is 4.01. The standard InChI is InChI=1S/C14H29NO2/c1-5-15-12-7-8-14(3,4)11-13(12)17-10-9-16-6-2/h12-13,15H,5-11H2,1-4H3. The first-order valence-corrected chi connectivity index (χ1v) is 7.02. The predicted molar refractivity (Wildman–Crippen MR) is 71.3 cm³/mol. The Morgan fingerprint density at radius 3 is 2.65 bits per heavy atom. The van der Waals surface area contributed by atoms with Crippen molar-refractivity contribution in [1.82, 2.24) is 5.32 Å². The van der Waals surface area contributed by atoms with Crippen molar-refractivity contribution in [3.63, 3.8) is 0 Å². The van der Waals surface area contributed by atoms with Gasteiger partial charge in [-0.1, -0.05) is 20.8 Å². The fourth-order valence-electron chi connectivity index (χ4n) is 2.59. The molecule has 0 aromatic heterocycles. The van der Waals surface area contributed by atoms with Gasteiger partial charge in [-0.3, -0.25) is 0 Å². The summed E-state index contributed by atoms with van der Waals surface area (Å²) in [7, 11) is 0. The minimum atomic E-state index is 0.346. The Labute approximate surface area is 106 Å². The summed E-state index contributed by atoms with van der Waals surface area (Å²) in [5.74, 6) is 0. The molecule has 2 atom stereocenters. The van der Waals surface area contributed by atoms with E-state index in [1.807, 2.05) is 6.92 Å². The van der Waals surface area contributed by atoms with Crippen LogP contribution in [0.5, 0.6) is 0 Å². The molecule has 0 bridgehead atoms. The molecule has 0 aromatic rings. The SMILES string of the molecule is CCNC1CCC(C)(C)CC1OCCOCC. The van der Waals surface area contributed by atoms with E-state index in [0.29, 0.717) is 24.2 Å². The number of rotatable bonds is 7. The molecule has 3 nitrogen and oxygen atoms in total. The Balaban J connectivity index is 2.37. The second-order valence-electron chi connectivity index (χ2n) is 5.68. The van der Waals surface area contributed by atoms with Crippen LogP contribution in [0, 0.1) is 5.41 Å². The van der Waals surface area contributed by atoms with E-state index in [0.717, 1.165) is 26.2 Å². The van der Waals surface area contributed by atoms with Crippen molar-refractivity contribution in [2.24, 2.45) is 5.41 Å². The van der Waals surface area contributed by atoms with Crippen molar-refractivity contribution < 1.29 is 9.47 Å². The molecule has 1 aliphatic carbocycles. The Morgan fingerprint density at radius 1 is 1.24 bits per heavy atom. The van der Waals surface area contributed by atoms with Crippen LogP contribution < -0.4 is 5.32 Å². The summed E-state index contributed by atoms with van der Waals surface area (Å²) >= 11 is 0. The summed E-state index contributed by atoms with van der Waals surface area (Å²) in [6, 6.07) is 0.523. The predicted octanol–water partition coefficient (Wildman–Crippen LogP) is 2.60. The number of hydrogen-bond acceptors (Lipinski definition) is 3. The molecule has 1 rings (SSSR count). The molecule has 1 aliphatic rings. The third-order valence-corrected chi connectivity index (χ3v) is 3.56. The molecular formula is C14H29NO2. The maximum atomic E-state index is 6.00. The summed E-state index contributed by atoms with van der Waals surface area (Å²) in [6.45, 7) is 12.1. The van der Waals surface area contributed by atoms with Crippen LogP contribution in [0.15, 0.2) is 0 Å². The summed E-state index contributed by atoms with van der Waals surface area (Å²) in [4.78, 5) is 0. The van der Waals surface area contributed by atoms with Gasteiger partial charge in [0.15, 0.2) is 0 Å². The van der Waals surface area contributed by atoms with Crippen molar-refractivity contribution in [2.75, 3.05) is 26.4 Å². The van der Waals surface area contributed by atoms with E-state index in [1.165, 1.54) is 12.8 Å². The lowest BCUT2D eigenvalue weighted by Gasteiger charge is -2.40. The van der Waals surface area contributed by atoms with E-state index in [-0.39, 0.29) is 0 Å². The van der Waals surface area contributed by atoms with Crippen molar-refractivity contribution in [3.05, 3.63) is 0 Å². The lowest BCUT2D eigenvalue weighted by molar-refractivity contribution is -0.0478. The van der Waals surface area contributed by atoms with E-state index in [1.54, 1.807) is 0 Å². The van der Waals surface area contributed by atoms with Crippen molar-refractivity contribution in [2.45, 2.75) is 59.1 Å². The van der Waals surface area contributed by atoms with Crippen molar-refractivity contribution in [3.8, 4) is 0 Å². The Morgan fingerprint density at radius 2 is 2.00 bits per heavy atom. The monoisotopic (exact) mass is 243 g/mol. The minimum absolute atomic E-state index is 0.346. The van der Waals surface area contributed by atoms with Crippen LogP contribution in [0.1, 0.15) is 47.0 Å². The van der Waals surface area contributed by atoms with E-state index >= 15 is 0 Å². The molecular weight excluding hydrogens is 214 g/mol. The van der Waals surface area contributed by atoms with Crippen LogP contribution >= 0.6 is 0 Å². The highest BCUT2D eigenvalue weighted by Gasteiger charge is 2.34. The molecule has 2 unspecified atom stereocenters. The number of hydrogen-bond donors (Lipinski definition) is 1. The smallest absolute Gasteiger partial charge is 0.0734 e. The highest BCUT2D eigenvalue weighted by atomic mass is 16.5. The molecule has 1 N–H and O–H groups in total. The van der Waals surface area contributed by atoms with Gasteiger partial charge in [0.2, 0.25) is 0 Å². The quantitative estimate of drug-likeness (QED) is 0.697. The molecule has 0 aromatic carbocycles. The fraction of sp³-hybridized carbons (Fsp3) is 1.00. The summed E-state index contributed by atoms with van der Waals surface area (Å²) in [5.41, 5.74) is 0.419. The first-order chi connectivity index (χ1) is 8.09. The van der Waals surface area contributed by atoms with E-state index in [9.17, 15) is 0 Å². The lowest BCUT2D eigenvalue weighted by atomic mass is 9.74. The third-order valence-electron chi connectivity index (χ3n) is 3.56. The van der Waals surface area contributed by atoms with E-state index in [2.05, 4.69) is 26.1 Å². The molecule has 1 fully saturated rings. The van der Waals surface area contributed by atoms with Gasteiger partial charge in [0.05, 0.1) is 19.3 Å². The zero-order chi connectivity index (χ0) is 12.7. The molecule has 0 aliphatic heterocycles. The average Bonchev–Trinajstić information content (AvgIpc) is 2.27. The molecule has 17 heavy (non-hydrogen) atoms. The van der Waals surface area contributed by atoms with Gasteiger partial charge in [-0.15, -0.1) is 0 Å². The molecule has 102 valence electrons. The normalized spacial score (nSPS) is 28.2. The molecule has 0 heterocycles. The highest BCUT2D eigenvalue weighted by molar-refractivity contribution is 4.89. The molecule has 0 spiro atoms. The second-order valence-corrected chi connectivity index (χ2v) is 5.68. The third kappa shape index (κ3) is 5.36. The Hall–Kier alpha value is -0.120. The van der Waals surface area contributed by atoms with Gasteiger partial charge in [-0.2, -0.15) is 0 Å². The minimum Gasteiger partial charge on any atom is -0.379 e. The molecule has 1 saturated carbocycles. The largest absolute Gasteiger partial charge is 0.379 e. The van der Waals surface area contributed by atoms with Crippen LogP contribution in [-0.4, -0.2) is 38.5 Å². The maximum absolute atomic E-state index is 6.00. The summed E-state index contributed by atoms with van der Waals surface area (Å²) < 4.78 is 11.3. The van der Waals surface area contributed by atoms with Crippen LogP contribution in [-0.2, 0) is 9.47 Å². The molecule has 0 saturated heterocycles. The number of ether oxygens (including phenoxy) is 2. The number of nitrogens with one attached hydrogen (secondary N) is 1. The van der Waals surface area contributed by atoms with Gasteiger partial charge in [-0.05, 0) is 38.1 Å². The fourth-order valence-corrected chi connectivity index (χ4v) is 2.59. The maximum Gasteiger partial charge on any atom is 0.0734 e. The second kappa shape index (κ2) is 7.34. The topological polar surface area (TPSA) is 30.5 Å². The Bertz CT molecular complexity index is 206. The van der Waals surface area contributed by atoms with Crippen LogP contribution in [0.4, 0.5) is 0 Å². The van der Waals surface area contributed by atoms with Gasteiger partial charge in [0.25, 0.3) is 0 Å². The van der Waals surface area contributed by atoms with Gasteiger partial charge >= 0.3 is 0 Å². The van der Waals surface area contributed by atoms with Crippen molar-refractivity contribution >= 4 is 0 Å². The summed E-state index contributed by atoms with van der Waals surface area (Å²) in [5, 5.41) is 3.55. The first kappa shape index (κ1) is 14.9. The van der Waals surface area contributed by atoms with E-state index < -0.39 is 0 Å². The van der Waals surface area contributed by atoms with Crippen LogP contribution in [0.2, 0.25) is 0 Å². The van der Waals surface area contributed by atoms with Gasteiger partial charge in [-0.25, -0.2) is 0 Å². The lowest BCUT2D eigenvalue weighted by Crippen LogP contribution is -2.47. The zero-order valence-corrected chi connectivity index (χ0v) is 11.9. The Kier molecular flexibility index (Phi) is 6.45. The molecule has 0 amide bonds. The van der Waals surface area contributed by atoms with E-state index in [4.69, 9.17) is 9.47 Å². The van der Waals surface area contributed by atoms with Gasteiger partial charge in [0.1, 0.15) is 0 Å². The van der Waals surface area contributed by atoms with Gasteiger partial charge in [0, 0.05) is 12.6 Å². The number of likely N-dealkylation sites (N-methyl/N-ethyl adjacent to an activating group) is 1. The molecule has 0 radical (unpaired) electrons. The first-order valence-electron chi connectivity index (χ1n) is 7.02.